The maximum atomic E-state index is 3.00. The molecule has 5 heavy (non-hydrogen) atoms. The van der Waals surface area contributed by atoms with Crippen LogP contribution in [0.15, 0.2) is 0 Å². The number of nitrogens with one attached hydrogen (secondary N) is 2. The molecule has 0 aliphatic carbocycles. The van der Waals surface area contributed by atoms with E-state index in [-0.39, 0.29) is 0 Å². The molecule has 0 radical (unpaired) electrons. The SMILES string of the molecule is C1CPNN1. The summed E-state index contributed by atoms with van der Waals surface area (Å²) < 4.78 is 0. The lowest BCUT2D eigenvalue weighted by Crippen LogP contribution is -2.16. The van der Waals surface area contributed by atoms with E-state index in [0.29, 0.717) is 0 Å². The second-order valence-corrected chi connectivity index (χ2v) is 2.08. The highest BCUT2D eigenvalue weighted by molar-refractivity contribution is 7.35. The van der Waals surface area contributed by atoms with Gasteiger partial charge in [-0.1, -0.05) is 0 Å². The van der Waals surface area contributed by atoms with Crippen LogP contribution in [0, 0.1) is 0 Å². The Balaban J connectivity index is 2.08. The zero-order valence-corrected chi connectivity index (χ0v) is 3.91. The molecule has 1 rings (SSSR count). The minimum atomic E-state index is 0.948. The largest absolute Gasteiger partial charge is 0.254 e. The van der Waals surface area contributed by atoms with Gasteiger partial charge < -0.3 is 0 Å². The number of rotatable bonds is 0. The van der Waals surface area contributed by atoms with Crippen molar-refractivity contribution in [3.05, 3.63) is 0 Å². The Morgan fingerprint density at radius 1 is 1.60 bits per heavy atom. The van der Waals surface area contributed by atoms with E-state index in [2.05, 4.69) is 10.6 Å². The van der Waals surface area contributed by atoms with Gasteiger partial charge in [-0.05, 0) is 14.9 Å². The molecule has 0 aromatic carbocycles. The molecule has 0 saturated carbocycles. The predicted octanol–water partition coefficient (Wildman–Crippen LogP) is -0.312. The molecule has 0 spiro atoms. The van der Waals surface area contributed by atoms with Crippen molar-refractivity contribution in [1.82, 2.24) is 10.6 Å². The van der Waals surface area contributed by atoms with E-state index < -0.39 is 0 Å². The van der Waals surface area contributed by atoms with Crippen LogP contribution in [-0.4, -0.2) is 12.7 Å². The third-order valence-electron chi connectivity index (χ3n) is 0.552. The molecule has 0 aromatic heterocycles. The van der Waals surface area contributed by atoms with Gasteiger partial charge in [0.15, 0.2) is 0 Å². The topological polar surface area (TPSA) is 24.1 Å². The summed E-state index contributed by atoms with van der Waals surface area (Å²) in [6.07, 6.45) is 1.31. The van der Waals surface area contributed by atoms with E-state index in [1.807, 2.05) is 0 Å². The molecular formula is C2H7N2P. The number of hydrazine groups is 1. The van der Waals surface area contributed by atoms with Crippen LogP contribution >= 0.6 is 8.73 Å². The van der Waals surface area contributed by atoms with Crippen molar-refractivity contribution in [2.75, 3.05) is 12.7 Å². The van der Waals surface area contributed by atoms with Crippen LogP contribution in [0.2, 0.25) is 0 Å². The summed E-state index contributed by atoms with van der Waals surface area (Å²) >= 11 is 0. The van der Waals surface area contributed by atoms with Gasteiger partial charge in [-0.15, -0.1) is 0 Å². The normalized spacial score (nSPS) is 28.8. The van der Waals surface area contributed by atoms with Crippen molar-refractivity contribution in [3.8, 4) is 0 Å². The molecule has 1 atom stereocenters. The molecule has 0 bridgehead atoms. The van der Waals surface area contributed by atoms with Gasteiger partial charge >= 0.3 is 0 Å². The van der Waals surface area contributed by atoms with Gasteiger partial charge in [0.1, 0.15) is 0 Å². The number of hydrogen-bond acceptors (Lipinski definition) is 2. The van der Waals surface area contributed by atoms with Crippen LogP contribution in [0.3, 0.4) is 0 Å². The fourth-order valence-corrected chi connectivity index (χ4v) is 0.937. The zero-order chi connectivity index (χ0) is 3.54. The Bertz CT molecular complexity index is 19.2. The molecule has 1 heterocycles. The van der Waals surface area contributed by atoms with Crippen molar-refractivity contribution < 1.29 is 0 Å². The maximum Gasteiger partial charge on any atom is 0.0152 e. The Hall–Kier alpha value is 0.350. The van der Waals surface area contributed by atoms with Crippen LogP contribution in [0.25, 0.3) is 0 Å². The maximum absolute atomic E-state index is 3.00. The van der Waals surface area contributed by atoms with Crippen molar-refractivity contribution in [1.29, 1.82) is 0 Å². The molecule has 0 amide bonds. The minimum absolute atomic E-state index is 0.948. The Labute approximate surface area is 33.1 Å². The van der Waals surface area contributed by atoms with Gasteiger partial charge in [-0.2, -0.15) is 0 Å². The van der Waals surface area contributed by atoms with Gasteiger partial charge in [0.2, 0.25) is 0 Å². The van der Waals surface area contributed by atoms with Crippen molar-refractivity contribution in [3.63, 3.8) is 0 Å². The van der Waals surface area contributed by atoms with Crippen molar-refractivity contribution in [2.24, 2.45) is 0 Å². The van der Waals surface area contributed by atoms with Crippen LogP contribution < -0.4 is 10.6 Å². The van der Waals surface area contributed by atoms with Gasteiger partial charge in [0, 0.05) is 6.54 Å². The molecule has 1 aliphatic rings. The molecule has 2 N–H and O–H groups in total. The summed E-state index contributed by atoms with van der Waals surface area (Å²) in [6, 6.07) is 0. The summed E-state index contributed by atoms with van der Waals surface area (Å²) in [5.74, 6) is 0. The molecule has 1 fully saturated rings. The summed E-state index contributed by atoms with van der Waals surface area (Å²) in [5.41, 5.74) is 2.98. The van der Waals surface area contributed by atoms with E-state index >= 15 is 0 Å². The minimum Gasteiger partial charge on any atom is -0.254 e. The lowest BCUT2D eigenvalue weighted by molar-refractivity contribution is 0.763. The average Bonchev–Trinajstić information content (AvgIpc) is 1.76. The molecule has 1 aliphatic heterocycles. The van der Waals surface area contributed by atoms with Gasteiger partial charge in [-0.25, -0.2) is 5.20 Å². The number of hydrogen-bond donors (Lipinski definition) is 2. The first kappa shape index (κ1) is 3.54. The first-order chi connectivity index (χ1) is 2.50. The lowest BCUT2D eigenvalue weighted by Gasteiger charge is -1.80. The van der Waals surface area contributed by atoms with Crippen LogP contribution in [0.4, 0.5) is 0 Å². The quantitative estimate of drug-likeness (QED) is 0.398. The predicted molar refractivity (Wildman–Crippen MR) is 24.3 cm³/mol. The Morgan fingerprint density at radius 3 is 2.80 bits per heavy atom. The van der Waals surface area contributed by atoms with E-state index in [1.165, 1.54) is 6.16 Å². The monoisotopic (exact) mass is 90.0 g/mol. The lowest BCUT2D eigenvalue weighted by atomic mass is 10.8. The molecule has 30 valence electrons. The molecule has 2 nitrogen and oxygen atoms in total. The van der Waals surface area contributed by atoms with Crippen molar-refractivity contribution in [2.45, 2.75) is 0 Å². The molecule has 0 aromatic rings. The highest BCUT2D eigenvalue weighted by atomic mass is 31.1. The Kier molecular flexibility index (Phi) is 1.21. The Morgan fingerprint density at radius 2 is 2.60 bits per heavy atom. The summed E-state index contributed by atoms with van der Waals surface area (Å²) in [5, 5.41) is 3.00. The van der Waals surface area contributed by atoms with E-state index in [0.717, 1.165) is 15.3 Å². The smallest absolute Gasteiger partial charge is 0.0152 e. The standard InChI is InChI=1S/C2H7N2P/c1-2-5-4-3-1/h3-5H,1-2H2. The van der Waals surface area contributed by atoms with Crippen molar-refractivity contribution >= 4 is 8.73 Å². The van der Waals surface area contributed by atoms with Gasteiger partial charge in [0.05, 0.1) is 0 Å². The summed E-state index contributed by atoms with van der Waals surface area (Å²) in [7, 11) is 0.948. The van der Waals surface area contributed by atoms with Crippen LogP contribution in [-0.2, 0) is 0 Å². The van der Waals surface area contributed by atoms with Gasteiger partial charge in [0.25, 0.3) is 0 Å². The molecule has 3 heteroatoms. The van der Waals surface area contributed by atoms with Crippen LogP contribution in [0.1, 0.15) is 0 Å². The summed E-state index contributed by atoms with van der Waals surface area (Å²) in [4.78, 5) is 0. The van der Waals surface area contributed by atoms with E-state index in [1.54, 1.807) is 0 Å². The third kappa shape index (κ3) is 0.839. The summed E-state index contributed by atoms with van der Waals surface area (Å²) in [6.45, 7) is 1.15. The molecule has 1 unspecified atom stereocenters. The first-order valence-electron chi connectivity index (χ1n) is 1.71. The zero-order valence-electron chi connectivity index (χ0n) is 2.91. The average molecular weight is 90.1 g/mol. The third-order valence-corrected chi connectivity index (χ3v) is 1.41. The van der Waals surface area contributed by atoms with Gasteiger partial charge in [-0.3, -0.25) is 5.43 Å². The second kappa shape index (κ2) is 1.71. The highest BCUT2D eigenvalue weighted by Gasteiger charge is 1.91. The van der Waals surface area contributed by atoms with Crippen LogP contribution in [0.5, 0.6) is 0 Å². The fraction of sp³-hybridized carbons (Fsp3) is 1.00. The fourth-order valence-electron chi connectivity index (χ4n) is 0.312. The second-order valence-electron chi connectivity index (χ2n) is 0.979. The molecule has 1 saturated heterocycles. The van der Waals surface area contributed by atoms with E-state index in [4.69, 9.17) is 0 Å². The van der Waals surface area contributed by atoms with E-state index in [9.17, 15) is 0 Å². The molecular weight excluding hydrogens is 83.0 g/mol. The first-order valence-corrected chi connectivity index (χ1v) is 2.91. The highest BCUT2D eigenvalue weighted by Crippen LogP contribution is 2.01.